The molecule has 10 heteroatoms. The predicted octanol–water partition coefficient (Wildman–Crippen LogP) is 0.816. The number of amides is 1. The molecule has 0 saturated heterocycles. The summed E-state index contributed by atoms with van der Waals surface area (Å²) in [6.45, 7) is 6.90. The van der Waals surface area contributed by atoms with Crippen LogP contribution in [0.4, 0.5) is 5.69 Å². The lowest BCUT2D eigenvalue weighted by Gasteiger charge is -2.10. The Kier molecular flexibility index (Phi) is 4.89. The van der Waals surface area contributed by atoms with E-state index >= 15 is 0 Å². The van der Waals surface area contributed by atoms with Gasteiger partial charge in [-0.05, 0) is 27.7 Å². The van der Waals surface area contributed by atoms with E-state index in [-0.39, 0.29) is 13.0 Å². The molecule has 3 rings (SSSR count). The molecule has 0 radical (unpaired) electrons. The molecule has 0 bridgehead atoms. The summed E-state index contributed by atoms with van der Waals surface area (Å²) in [5, 5.41) is 11.0. The van der Waals surface area contributed by atoms with Crippen LogP contribution in [-0.2, 0) is 27.8 Å². The summed E-state index contributed by atoms with van der Waals surface area (Å²) in [5.41, 5.74) is 4.30. The Bertz CT molecular complexity index is 1030. The summed E-state index contributed by atoms with van der Waals surface area (Å²) in [7, 11) is 1.79. The second-order valence-corrected chi connectivity index (χ2v) is 6.29. The Morgan fingerprint density at radius 2 is 1.89 bits per heavy atom. The number of esters is 1. The number of aryl methyl sites for hydroxylation is 4. The van der Waals surface area contributed by atoms with Gasteiger partial charge in [-0.15, -0.1) is 0 Å². The van der Waals surface area contributed by atoms with Crippen LogP contribution in [0.15, 0.2) is 6.33 Å². The Hall–Kier alpha value is -3.30. The van der Waals surface area contributed by atoms with Crippen LogP contribution in [0.1, 0.15) is 28.3 Å². The SMILES string of the molecule is Cc1nc2ncnn2c(C)c1CC(=O)OCC(=O)Nc1c(C)nn(C)c1C. The molecule has 142 valence electrons. The normalized spacial score (nSPS) is 11.0. The van der Waals surface area contributed by atoms with E-state index in [1.807, 2.05) is 13.8 Å². The largest absolute Gasteiger partial charge is 0.455 e. The topological polar surface area (TPSA) is 116 Å². The summed E-state index contributed by atoms with van der Waals surface area (Å²) < 4.78 is 8.36. The maximum atomic E-state index is 12.2. The molecule has 1 amide bonds. The fourth-order valence-corrected chi connectivity index (χ4v) is 2.88. The van der Waals surface area contributed by atoms with E-state index in [0.717, 1.165) is 11.4 Å². The van der Waals surface area contributed by atoms with Gasteiger partial charge in [-0.25, -0.2) is 9.50 Å². The minimum absolute atomic E-state index is 0.00129. The third-order valence-electron chi connectivity index (χ3n) is 4.45. The van der Waals surface area contributed by atoms with Crippen LogP contribution in [0.5, 0.6) is 0 Å². The monoisotopic (exact) mass is 371 g/mol. The van der Waals surface area contributed by atoms with Gasteiger partial charge in [0, 0.05) is 24.0 Å². The van der Waals surface area contributed by atoms with E-state index in [4.69, 9.17) is 4.74 Å². The highest BCUT2D eigenvalue weighted by Crippen LogP contribution is 2.18. The van der Waals surface area contributed by atoms with Gasteiger partial charge in [0.05, 0.1) is 23.5 Å². The third-order valence-corrected chi connectivity index (χ3v) is 4.45. The fraction of sp³-hybridized carbons (Fsp3) is 0.412. The first kappa shape index (κ1) is 18.5. The number of nitrogens with zero attached hydrogens (tertiary/aromatic N) is 6. The van der Waals surface area contributed by atoms with Gasteiger partial charge < -0.3 is 10.1 Å². The molecule has 0 aromatic carbocycles. The summed E-state index contributed by atoms with van der Waals surface area (Å²) >= 11 is 0. The van der Waals surface area contributed by atoms with E-state index < -0.39 is 11.9 Å². The lowest BCUT2D eigenvalue weighted by atomic mass is 10.1. The second-order valence-electron chi connectivity index (χ2n) is 6.29. The van der Waals surface area contributed by atoms with Crippen LogP contribution < -0.4 is 5.32 Å². The van der Waals surface area contributed by atoms with Crippen LogP contribution in [0.2, 0.25) is 0 Å². The number of anilines is 1. The molecular formula is C17H21N7O3. The maximum absolute atomic E-state index is 12.2. The fourth-order valence-electron chi connectivity index (χ4n) is 2.88. The quantitative estimate of drug-likeness (QED) is 0.660. The van der Waals surface area contributed by atoms with E-state index in [0.29, 0.717) is 28.4 Å². The molecule has 3 aromatic rings. The number of ether oxygens (including phenoxy) is 1. The molecule has 27 heavy (non-hydrogen) atoms. The lowest BCUT2D eigenvalue weighted by molar-refractivity contribution is -0.146. The van der Waals surface area contributed by atoms with E-state index in [2.05, 4.69) is 25.5 Å². The van der Waals surface area contributed by atoms with Crippen molar-refractivity contribution >= 4 is 23.3 Å². The minimum atomic E-state index is -0.516. The average Bonchev–Trinajstić information content (AvgIpc) is 3.17. The molecule has 0 spiro atoms. The highest BCUT2D eigenvalue weighted by molar-refractivity contribution is 5.94. The van der Waals surface area contributed by atoms with Crippen molar-refractivity contribution in [3.05, 3.63) is 34.7 Å². The standard InChI is InChI=1S/C17H21N7O3/c1-9-13(11(3)24-17(20-9)18-8-19-24)6-15(26)27-7-14(25)21-16-10(2)22-23(5)12(16)4/h8H,6-7H2,1-5H3,(H,21,25). The molecule has 10 nitrogen and oxygen atoms in total. The van der Waals surface area contributed by atoms with Crippen molar-refractivity contribution in [2.45, 2.75) is 34.1 Å². The van der Waals surface area contributed by atoms with Crippen LogP contribution >= 0.6 is 0 Å². The Morgan fingerprint density at radius 1 is 1.15 bits per heavy atom. The van der Waals surface area contributed by atoms with Gasteiger partial charge in [-0.3, -0.25) is 14.3 Å². The summed E-state index contributed by atoms with van der Waals surface area (Å²) in [6, 6.07) is 0. The highest BCUT2D eigenvalue weighted by atomic mass is 16.5. The number of hydrogen-bond acceptors (Lipinski definition) is 7. The molecule has 0 unspecified atom stereocenters. The zero-order chi connectivity index (χ0) is 19.7. The predicted molar refractivity (Wildman–Crippen MR) is 96.2 cm³/mol. The van der Waals surface area contributed by atoms with E-state index in [1.54, 1.807) is 30.1 Å². The van der Waals surface area contributed by atoms with Gasteiger partial charge >= 0.3 is 5.97 Å². The van der Waals surface area contributed by atoms with Crippen molar-refractivity contribution in [1.29, 1.82) is 0 Å². The zero-order valence-electron chi connectivity index (χ0n) is 15.9. The smallest absolute Gasteiger partial charge is 0.310 e. The molecule has 3 heterocycles. The van der Waals surface area contributed by atoms with Gasteiger partial charge in [0.15, 0.2) is 6.61 Å². The van der Waals surface area contributed by atoms with Crippen molar-refractivity contribution in [2.24, 2.45) is 7.05 Å². The Balaban J connectivity index is 1.62. The van der Waals surface area contributed by atoms with Crippen molar-refractivity contribution < 1.29 is 14.3 Å². The molecule has 0 saturated carbocycles. The highest BCUT2D eigenvalue weighted by Gasteiger charge is 2.17. The van der Waals surface area contributed by atoms with Gasteiger partial charge in [0.25, 0.3) is 11.7 Å². The molecule has 0 aliphatic carbocycles. The number of hydrogen-bond donors (Lipinski definition) is 1. The number of carbonyl (C=O) groups excluding carboxylic acids is 2. The number of rotatable bonds is 5. The Labute approximate surface area is 155 Å². The summed E-state index contributed by atoms with van der Waals surface area (Å²) in [5.74, 6) is -0.457. The molecule has 0 atom stereocenters. The number of aromatic nitrogens is 6. The minimum Gasteiger partial charge on any atom is -0.455 e. The number of nitrogens with one attached hydrogen (secondary N) is 1. The van der Waals surface area contributed by atoms with Gasteiger partial charge in [-0.2, -0.15) is 15.2 Å². The van der Waals surface area contributed by atoms with Crippen LogP contribution in [0.25, 0.3) is 5.78 Å². The van der Waals surface area contributed by atoms with Crippen LogP contribution in [0, 0.1) is 27.7 Å². The molecule has 3 aromatic heterocycles. The average molecular weight is 371 g/mol. The molecule has 0 fully saturated rings. The molecule has 0 aliphatic heterocycles. The van der Waals surface area contributed by atoms with Crippen molar-refractivity contribution in [3.63, 3.8) is 0 Å². The van der Waals surface area contributed by atoms with E-state index in [1.165, 1.54) is 6.33 Å². The van der Waals surface area contributed by atoms with Gasteiger partial charge in [0.2, 0.25) is 0 Å². The van der Waals surface area contributed by atoms with Crippen molar-refractivity contribution in [2.75, 3.05) is 11.9 Å². The molecule has 1 N–H and O–H groups in total. The zero-order valence-corrected chi connectivity index (χ0v) is 15.9. The summed E-state index contributed by atoms with van der Waals surface area (Å²) in [4.78, 5) is 32.6. The Morgan fingerprint density at radius 3 is 2.56 bits per heavy atom. The van der Waals surface area contributed by atoms with Gasteiger partial charge in [0.1, 0.15) is 6.33 Å². The number of carbonyl (C=O) groups is 2. The third kappa shape index (κ3) is 3.64. The number of fused-ring (bicyclic) bond motifs is 1. The first-order valence-electron chi connectivity index (χ1n) is 8.39. The van der Waals surface area contributed by atoms with E-state index in [9.17, 15) is 9.59 Å². The van der Waals surface area contributed by atoms with Crippen LogP contribution in [-0.4, -0.2) is 47.8 Å². The first-order chi connectivity index (χ1) is 12.8. The molecular weight excluding hydrogens is 350 g/mol. The van der Waals surface area contributed by atoms with Crippen LogP contribution in [0.3, 0.4) is 0 Å². The molecule has 0 aliphatic rings. The van der Waals surface area contributed by atoms with Crippen molar-refractivity contribution in [3.8, 4) is 0 Å². The summed E-state index contributed by atoms with van der Waals surface area (Å²) in [6.07, 6.45) is 1.41. The first-order valence-corrected chi connectivity index (χ1v) is 8.39. The lowest BCUT2D eigenvalue weighted by Crippen LogP contribution is -2.23. The second kappa shape index (κ2) is 7.14. The van der Waals surface area contributed by atoms with Crippen molar-refractivity contribution in [1.82, 2.24) is 29.4 Å². The van der Waals surface area contributed by atoms with Gasteiger partial charge in [-0.1, -0.05) is 0 Å². The maximum Gasteiger partial charge on any atom is 0.310 e.